The molecule has 43 heavy (non-hydrogen) atoms. The number of nitrogens with zero attached hydrogens (tertiary/aromatic N) is 2. The minimum Gasteiger partial charge on any atom is -0.493 e. The monoisotopic (exact) mass is 589 g/mol. The van der Waals surface area contributed by atoms with Crippen LogP contribution in [0, 0.1) is 12.8 Å². The van der Waals surface area contributed by atoms with Crippen LogP contribution in [0.4, 0.5) is 0 Å². The summed E-state index contributed by atoms with van der Waals surface area (Å²) in [4.78, 5) is 46.4. The number of nitrogens with one attached hydrogen (secondary N) is 3. The number of carbonyl (C=O) groups excluding carboxylic acids is 3. The molecular formula is C32H39N5O6. The van der Waals surface area contributed by atoms with Gasteiger partial charge in [-0.05, 0) is 55.0 Å². The summed E-state index contributed by atoms with van der Waals surface area (Å²) in [6.45, 7) is 6.60. The fourth-order valence-electron chi connectivity index (χ4n) is 5.40. The Morgan fingerprint density at radius 1 is 1.12 bits per heavy atom. The van der Waals surface area contributed by atoms with E-state index in [0.29, 0.717) is 53.8 Å². The SMILES string of the molecule is COc1ccc2cc1OCCCN(C(=O)[C@H]1Cc3ccccc3CN1)CC(=O)N[C@@H](C(C)C)C(=O)NCc1nc-2oc1C. The van der Waals surface area contributed by atoms with Gasteiger partial charge in [-0.2, -0.15) is 0 Å². The van der Waals surface area contributed by atoms with Crippen molar-refractivity contribution in [3.05, 3.63) is 65.0 Å². The maximum Gasteiger partial charge on any atom is 0.243 e. The first-order valence-corrected chi connectivity index (χ1v) is 14.7. The third-order valence-corrected chi connectivity index (χ3v) is 7.85. The lowest BCUT2D eigenvalue weighted by atomic mass is 9.95. The molecule has 0 spiro atoms. The zero-order valence-electron chi connectivity index (χ0n) is 25.1. The van der Waals surface area contributed by atoms with Crippen LogP contribution in [0.2, 0.25) is 0 Å². The average Bonchev–Trinajstić information content (AvgIpc) is 3.38. The molecule has 2 atom stereocenters. The van der Waals surface area contributed by atoms with Gasteiger partial charge >= 0.3 is 0 Å². The van der Waals surface area contributed by atoms with Gasteiger partial charge in [-0.1, -0.05) is 38.1 Å². The smallest absolute Gasteiger partial charge is 0.243 e. The van der Waals surface area contributed by atoms with E-state index in [-0.39, 0.29) is 44.0 Å². The van der Waals surface area contributed by atoms with Crippen molar-refractivity contribution in [3.8, 4) is 23.0 Å². The van der Waals surface area contributed by atoms with Gasteiger partial charge in [-0.15, -0.1) is 0 Å². The van der Waals surface area contributed by atoms with E-state index in [1.807, 2.05) is 44.2 Å². The van der Waals surface area contributed by atoms with Crippen LogP contribution >= 0.6 is 0 Å². The maximum atomic E-state index is 13.8. The Labute approximate surface area is 251 Å². The van der Waals surface area contributed by atoms with Gasteiger partial charge < -0.3 is 34.7 Å². The zero-order valence-corrected chi connectivity index (χ0v) is 25.1. The lowest BCUT2D eigenvalue weighted by Crippen LogP contribution is -2.55. The van der Waals surface area contributed by atoms with Crippen molar-refractivity contribution in [1.29, 1.82) is 0 Å². The van der Waals surface area contributed by atoms with E-state index in [4.69, 9.17) is 13.9 Å². The Hall–Kier alpha value is -4.38. The molecule has 0 fully saturated rings. The lowest BCUT2D eigenvalue weighted by Gasteiger charge is -2.31. The molecule has 0 unspecified atom stereocenters. The molecular weight excluding hydrogens is 550 g/mol. The molecule has 2 aromatic carbocycles. The molecule has 1 aromatic heterocycles. The van der Waals surface area contributed by atoms with Crippen molar-refractivity contribution in [2.45, 2.75) is 58.8 Å². The van der Waals surface area contributed by atoms with Crippen LogP contribution in [-0.4, -0.2) is 66.5 Å². The summed E-state index contributed by atoms with van der Waals surface area (Å²) >= 11 is 0. The van der Waals surface area contributed by atoms with Gasteiger partial charge in [0.1, 0.15) is 17.5 Å². The van der Waals surface area contributed by atoms with Crippen LogP contribution in [0.15, 0.2) is 46.9 Å². The maximum absolute atomic E-state index is 13.8. The number of ether oxygens (including phenoxy) is 2. The second kappa shape index (κ2) is 13.3. The van der Waals surface area contributed by atoms with E-state index >= 15 is 0 Å². The van der Waals surface area contributed by atoms with Crippen LogP contribution in [0.1, 0.15) is 42.8 Å². The highest BCUT2D eigenvalue weighted by molar-refractivity contribution is 5.91. The first kappa shape index (κ1) is 30.1. The summed E-state index contributed by atoms with van der Waals surface area (Å²) in [7, 11) is 1.56. The number of rotatable bonds is 3. The van der Waals surface area contributed by atoms with Gasteiger partial charge in [0.15, 0.2) is 11.5 Å². The standard InChI is InChI=1S/C32H39N5O6/c1-19(2)29-30(39)34-17-25-20(3)43-31(35-25)22-10-11-26(41-4)27(15-22)42-13-7-12-37(18-28(38)36-29)32(40)24-14-21-8-5-6-9-23(21)16-33-24/h5-6,8-11,15,19,24,29,33H,7,12-14,16-18H2,1-4H3,(H,34,39)(H,36,38)/t24-,29+/m1/s1. The molecule has 3 amide bonds. The summed E-state index contributed by atoms with van der Waals surface area (Å²) in [5.74, 6) is 0.922. The van der Waals surface area contributed by atoms with Crippen molar-refractivity contribution >= 4 is 17.7 Å². The number of carbonyl (C=O) groups is 3. The Balaban J connectivity index is 1.40. The molecule has 3 N–H and O–H groups in total. The third kappa shape index (κ3) is 6.99. The number of fused-ring (bicyclic) bond motifs is 6. The van der Waals surface area contributed by atoms with E-state index in [0.717, 1.165) is 11.1 Å². The van der Waals surface area contributed by atoms with Gasteiger partial charge in [0.2, 0.25) is 23.6 Å². The molecule has 3 aromatic rings. The molecule has 0 aliphatic carbocycles. The number of amides is 3. The van der Waals surface area contributed by atoms with Crippen LogP contribution in [0.25, 0.3) is 11.5 Å². The normalized spacial score (nSPS) is 19.8. The number of hydrogen-bond donors (Lipinski definition) is 3. The van der Waals surface area contributed by atoms with Crippen LogP contribution in [0.5, 0.6) is 11.5 Å². The quantitative estimate of drug-likeness (QED) is 0.425. The topological polar surface area (TPSA) is 135 Å². The second-order valence-electron chi connectivity index (χ2n) is 11.3. The van der Waals surface area contributed by atoms with Crippen molar-refractivity contribution < 1.29 is 28.3 Å². The van der Waals surface area contributed by atoms with Gasteiger partial charge in [-0.25, -0.2) is 4.98 Å². The highest BCUT2D eigenvalue weighted by Crippen LogP contribution is 2.33. The molecule has 3 heterocycles. The molecule has 11 nitrogen and oxygen atoms in total. The van der Waals surface area contributed by atoms with Gasteiger partial charge in [0.25, 0.3) is 0 Å². The molecule has 0 radical (unpaired) electrons. The first-order valence-electron chi connectivity index (χ1n) is 14.7. The molecule has 5 rings (SSSR count). The summed E-state index contributed by atoms with van der Waals surface area (Å²) in [6.07, 6.45) is 0.998. The van der Waals surface area contributed by atoms with E-state index in [2.05, 4.69) is 20.9 Å². The number of oxazole rings is 1. The Kier molecular flexibility index (Phi) is 9.30. The van der Waals surface area contributed by atoms with Gasteiger partial charge in [0, 0.05) is 18.7 Å². The fraction of sp³-hybridized carbons (Fsp3) is 0.438. The summed E-state index contributed by atoms with van der Waals surface area (Å²) in [5.41, 5.74) is 3.56. The average molecular weight is 590 g/mol. The van der Waals surface area contributed by atoms with Crippen molar-refractivity contribution in [2.24, 2.45) is 5.92 Å². The van der Waals surface area contributed by atoms with Crippen molar-refractivity contribution in [3.63, 3.8) is 0 Å². The lowest BCUT2D eigenvalue weighted by molar-refractivity contribution is -0.139. The zero-order chi connectivity index (χ0) is 30.5. The Bertz CT molecular complexity index is 1480. The van der Waals surface area contributed by atoms with Crippen molar-refractivity contribution in [1.82, 2.24) is 25.8 Å². The minimum absolute atomic E-state index is 0.131. The van der Waals surface area contributed by atoms with Crippen LogP contribution in [0.3, 0.4) is 0 Å². The summed E-state index contributed by atoms with van der Waals surface area (Å²) in [6, 6.07) is 12.2. The van der Waals surface area contributed by atoms with Crippen LogP contribution in [-0.2, 0) is 33.9 Å². The van der Waals surface area contributed by atoms with E-state index in [1.54, 1.807) is 31.1 Å². The molecule has 4 bridgehead atoms. The highest BCUT2D eigenvalue weighted by atomic mass is 16.5. The summed E-state index contributed by atoms with van der Waals surface area (Å²) < 4.78 is 17.5. The molecule has 228 valence electrons. The molecule has 11 heteroatoms. The number of aryl methyl sites for hydroxylation is 1. The molecule has 0 saturated carbocycles. The third-order valence-electron chi connectivity index (χ3n) is 7.85. The molecule has 0 saturated heterocycles. The molecule has 2 aliphatic heterocycles. The highest BCUT2D eigenvalue weighted by Gasteiger charge is 2.31. The minimum atomic E-state index is -0.790. The predicted molar refractivity (Wildman–Crippen MR) is 159 cm³/mol. The first-order chi connectivity index (χ1) is 20.7. The predicted octanol–water partition coefficient (Wildman–Crippen LogP) is 2.74. The second-order valence-corrected chi connectivity index (χ2v) is 11.3. The van der Waals surface area contributed by atoms with E-state index < -0.39 is 18.0 Å². The van der Waals surface area contributed by atoms with Gasteiger partial charge in [0.05, 0.1) is 32.8 Å². The van der Waals surface area contributed by atoms with E-state index in [1.165, 1.54) is 0 Å². The Morgan fingerprint density at radius 2 is 1.91 bits per heavy atom. The number of aromatic nitrogens is 1. The van der Waals surface area contributed by atoms with Crippen molar-refractivity contribution in [2.75, 3.05) is 26.8 Å². The Morgan fingerprint density at radius 3 is 2.67 bits per heavy atom. The van der Waals surface area contributed by atoms with Gasteiger partial charge in [-0.3, -0.25) is 14.4 Å². The number of hydrogen-bond acceptors (Lipinski definition) is 8. The molecule has 2 aliphatic rings. The largest absolute Gasteiger partial charge is 0.493 e. The van der Waals surface area contributed by atoms with Crippen LogP contribution < -0.4 is 25.4 Å². The number of benzene rings is 2. The number of methoxy groups -OCH3 is 1. The van der Waals surface area contributed by atoms with E-state index in [9.17, 15) is 14.4 Å². The fourth-order valence-corrected chi connectivity index (χ4v) is 5.40. The summed E-state index contributed by atoms with van der Waals surface area (Å²) in [5, 5.41) is 9.06.